The summed E-state index contributed by atoms with van der Waals surface area (Å²) in [6.45, 7) is 4.17. The summed E-state index contributed by atoms with van der Waals surface area (Å²) in [6, 6.07) is 4.06. The third kappa shape index (κ3) is 3.77. The van der Waals surface area contributed by atoms with E-state index in [1.165, 1.54) is 5.56 Å². The molecular formula is C13H20N3O. The summed E-state index contributed by atoms with van der Waals surface area (Å²) < 4.78 is 5.53. The zero-order valence-corrected chi connectivity index (χ0v) is 10.3. The lowest BCUT2D eigenvalue weighted by Crippen LogP contribution is -2.49. The van der Waals surface area contributed by atoms with E-state index in [-0.39, 0.29) is 6.23 Å². The predicted molar refractivity (Wildman–Crippen MR) is 67.5 cm³/mol. The van der Waals surface area contributed by atoms with Gasteiger partial charge in [-0.2, -0.15) is 0 Å². The molecule has 2 rings (SSSR count). The summed E-state index contributed by atoms with van der Waals surface area (Å²) in [7, 11) is 1.77. The Bertz CT molecular complexity index is 312. The molecule has 1 aliphatic heterocycles. The normalized spacial score (nSPS) is 19.1. The van der Waals surface area contributed by atoms with E-state index >= 15 is 0 Å². The van der Waals surface area contributed by atoms with Crippen LogP contribution in [0.2, 0.25) is 0 Å². The van der Waals surface area contributed by atoms with Crippen LogP contribution >= 0.6 is 0 Å². The Kier molecular flexibility index (Phi) is 4.91. The minimum absolute atomic E-state index is 0.109. The molecule has 4 heteroatoms. The van der Waals surface area contributed by atoms with E-state index in [1.807, 2.05) is 12.3 Å². The molecule has 0 bridgehead atoms. The first-order valence-electron chi connectivity index (χ1n) is 6.10. The van der Waals surface area contributed by atoms with Crippen molar-refractivity contribution in [2.75, 3.05) is 33.3 Å². The zero-order chi connectivity index (χ0) is 11.9. The molecule has 1 atom stereocenters. The topological polar surface area (TPSA) is 37.4 Å². The van der Waals surface area contributed by atoms with Gasteiger partial charge in [-0.15, -0.1) is 0 Å². The standard InChI is InChI=1S/C13H20N3O/c1-17-13(16-9-7-14-8-10-16)5-4-12-3-2-6-15-11-12/h2-3,5-6,11,13-14H,4,7-10H2,1H3. The summed E-state index contributed by atoms with van der Waals surface area (Å²) >= 11 is 0. The van der Waals surface area contributed by atoms with E-state index in [1.54, 1.807) is 13.3 Å². The van der Waals surface area contributed by atoms with E-state index in [0.717, 1.165) is 32.6 Å². The minimum atomic E-state index is 0.109. The fourth-order valence-electron chi connectivity index (χ4n) is 2.09. The van der Waals surface area contributed by atoms with E-state index < -0.39 is 0 Å². The van der Waals surface area contributed by atoms with Crippen LogP contribution in [0, 0.1) is 6.42 Å². The van der Waals surface area contributed by atoms with E-state index in [9.17, 15) is 0 Å². The van der Waals surface area contributed by atoms with E-state index in [0.29, 0.717) is 0 Å². The van der Waals surface area contributed by atoms with Crippen molar-refractivity contribution in [1.82, 2.24) is 15.2 Å². The molecule has 4 nitrogen and oxygen atoms in total. The number of ether oxygens (including phenoxy) is 1. The molecule has 0 saturated carbocycles. The lowest BCUT2D eigenvalue weighted by atomic mass is 10.1. The Morgan fingerprint density at radius 1 is 1.53 bits per heavy atom. The average molecular weight is 234 g/mol. The SMILES string of the molecule is COC([CH]Cc1cccnc1)N1CCNCC1. The number of hydrogen-bond acceptors (Lipinski definition) is 4. The van der Waals surface area contributed by atoms with Gasteiger partial charge in [0.2, 0.25) is 0 Å². The highest BCUT2D eigenvalue weighted by Crippen LogP contribution is 2.09. The Hall–Kier alpha value is -0.970. The van der Waals surface area contributed by atoms with Crippen LogP contribution in [0.4, 0.5) is 0 Å². The number of piperazine rings is 1. The molecule has 0 spiro atoms. The van der Waals surface area contributed by atoms with Gasteiger partial charge in [-0.25, -0.2) is 0 Å². The highest BCUT2D eigenvalue weighted by molar-refractivity contribution is 5.11. The molecule has 0 aromatic carbocycles. The second kappa shape index (κ2) is 6.69. The summed E-state index contributed by atoms with van der Waals surface area (Å²) in [5.74, 6) is 0. The molecular weight excluding hydrogens is 214 g/mol. The number of rotatable bonds is 5. The monoisotopic (exact) mass is 234 g/mol. The second-order valence-corrected chi connectivity index (χ2v) is 4.21. The fourth-order valence-corrected chi connectivity index (χ4v) is 2.09. The van der Waals surface area contributed by atoms with Crippen LogP contribution in [0.5, 0.6) is 0 Å². The number of methoxy groups -OCH3 is 1. The highest BCUT2D eigenvalue weighted by atomic mass is 16.5. The van der Waals surface area contributed by atoms with Crippen LogP contribution in [0.15, 0.2) is 24.5 Å². The molecule has 93 valence electrons. The largest absolute Gasteiger partial charge is 0.366 e. The van der Waals surface area contributed by atoms with Crippen molar-refractivity contribution in [3.63, 3.8) is 0 Å². The smallest absolute Gasteiger partial charge is 0.113 e. The molecule has 1 aromatic heterocycles. The maximum Gasteiger partial charge on any atom is 0.113 e. The quantitative estimate of drug-likeness (QED) is 0.814. The summed E-state index contributed by atoms with van der Waals surface area (Å²) in [5, 5.41) is 3.35. The number of pyridine rings is 1. The van der Waals surface area contributed by atoms with Crippen molar-refractivity contribution in [3.8, 4) is 0 Å². The molecule has 1 unspecified atom stereocenters. The molecule has 17 heavy (non-hydrogen) atoms. The van der Waals surface area contributed by atoms with Gasteiger partial charge in [-0.1, -0.05) is 6.07 Å². The van der Waals surface area contributed by atoms with Gasteiger partial charge < -0.3 is 10.1 Å². The third-order valence-corrected chi connectivity index (χ3v) is 3.03. The van der Waals surface area contributed by atoms with Crippen LogP contribution in [-0.2, 0) is 11.2 Å². The lowest BCUT2D eigenvalue weighted by Gasteiger charge is -2.33. The van der Waals surface area contributed by atoms with Gasteiger partial charge in [0.25, 0.3) is 0 Å². The average Bonchev–Trinajstić information content (AvgIpc) is 2.42. The van der Waals surface area contributed by atoms with Crippen LogP contribution in [0.25, 0.3) is 0 Å². The van der Waals surface area contributed by atoms with Crippen molar-refractivity contribution >= 4 is 0 Å². The first-order valence-corrected chi connectivity index (χ1v) is 6.10. The van der Waals surface area contributed by atoms with Gasteiger partial charge >= 0.3 is 0 Å². The minimum Gasteiger partial charge on any atom is -0.366 e. The maximum atomic E-state index is 5.53. The maximum absolute atomic E-state index is 5.53. The van der Waals surface area contributed by atoms with Crippen LogP contribution in [-0.4, -0.2) is 49.4 Å². The zero-order valence-electron chi connectivity index (χ0n) is 10.3. The van der Waals surface area contributed by atoms with Gasteiger partial charge in [-0.3, -0.25) is 9.88 Å². The van der Waals surface area contributed by atoms with Crippen molar-refractivity contribution in [3.05, 3.63) is 36.5 Å². The molecule has 0 amide bonds. The molecule has 1 fully saturated rings. The lowest BCUT2D eigenvalue weighted by molar-refractivity contribution is -0.0161. The molecule has 1 saturated heterocycles. The van der Waals surface area contributed by atoms with Crippen molar-refractivity contribution < 1.29 is 4.74 Å². The summed E-state index contributed by atoms with van der Waals surface area (Å²) in [4.78, 5) is 6.47. The van der Waals surface area contributed by atoms with E-state index in [4.69, 9.17) is 4.74 Å². The Morgan fingerprint density at radius 2 is 2.35 bits per heavy atom. The molecule has 1 radical (unpaired) electrons. The van der Waals surface area contributed by atoms with Crippen molar-refractivity contribution in [2.45, 2.75) is 12.6 Å². The van der Waals surface area contributed by atoms with Crippen molar-refractivity contribution in [1.29, 1.82) is 0 Å². The second-order valence-electron chi connectivity index (χ2n) is 4.21. The van der Waals surface area contributed by atoms with Gasteiger partial charge in [0.1, 0.15) is 6.23 Å². The highest BCUT2D eigenvalue weighted by Gasteiger charge is 2.19. The number of hydrogen-bond donors (Lipinski definition) is 1. The predicted octanol–water partition coefficient (Wildman–Crippen LogP) is 0.706. The summed E-state index contributed by atoms with van der Waals surface area (Å²) in [5.41, 5.74) is 1.23. The Morgan fingerprint density at radius 3 is 3.00 bits per heavy atom. The van der Waals surface area contributed by atoms with Crippen LogP contribution < -0.4 is 5.32 Å². The fraction of sp³-hybridized carbons (Fsp3) is 0.538. The molecule has 2 heterocycles. The van der Waals surface area contributed by atoms with E-state index in [2.05, 4.69) is 27.7 Å². The van der Waals surface area contributed by atoms with Crippen LogP contribution in [0.3, 0.4) is 0 Å². The Balaban J connectivity index is 1.82. The first-order chi connectivity index (χ1) is 8.40. The van der Waals surface area contributed by atoms with Crippen molar-refractivity contribution in [2.24, 2.45) is 0 Å². The number of aromatic nitrogens is 1. The molecule has 0 aliphatic carbocycles. The van der Waals surface area contributed by atoms with Gasteiger partial charge in [0.15, 0.2) is 0 Å². The number of nitrogens with one attached hydrogen (secondary N) is 1. The number of nitrogens with zero attached hydrogens (tertiary/aromatic N) is 2. The van der Waals surface area contributed by atoms with Gasteiger partial charge in [0, 0.05) is 52.1 Å². The molecule has 1 aromatic rings. The molecule has 1 N–H and O–H groups in total. The Labute approximate surface area is 103 Å². The summed E-state index contributed by atoms with van der Waals surface area (Å²) in [6.07, 6.45) is 6.92. The van der Waals surface area contributed by atoms with Gasteiger partial charge in [-0.05, 0) is 18.1 Å². The first kappa shape index (κ1) is 12.5. The molecule has 1 aliphatic rings. The third-order valence-electron chi connectivity index (χ3n) is 3.03. The van der Waals surface area contributed by atoms with Crippen LogP contribution in [0.1, 0.15) is 5.56 Å². The van der Waals surface area contributed by atoms with Gasteiger partial charge in [0.05, 0.1) is 0 Å².